The Morgan fingerprint density at radius 1 is 0.550 bits per heavy atom. The molecule has 2 heterocycles. The van der Waals surface area contributed by atoms with Crippen molar-refractivity contribution in [3.63, 3.8) is 0 Å². The molecule has 116 valence electrons. The molecular formula is C16H28O4. The highest BCUT2D eigenvalue weighted by Crippen LogP contribution is 2.29. The first-order chi connectivity index (χ1) is 9.92. The van der Waals surface area contributed by atoms with Crippen molar-refractivity contribution in [2.45, 2.75) is 89.0 Å². The Hall–Kier alpha value is -0.160. The minimum Gasteiger partial charge on any atom is -0.353 e. The molecule has 0 spiro atoms. The van der Waals surface area contributed by atoms with Gasteiger partial charge in [-0.25, -0.2) is 0 Å². The van der Waals surface area contributed by atoms with Gasteiger partial charge in [-0.2, -0.15) is 0 Å². The van der Waals surface area contributed by atoms with E-state index in [0.29, 0.717) is 0 Å². The lowest BCUT2D eigenvalue weighted by molar-refractivity contribution is -0.255. The van der Waals surface area contributed by atoms with Crippen molar-refractivity contribution < 1.29 is 18.9 Å². The highest BCUT2D eigenvalue weighted by atomic mass is 16.7. The molecule has 20 heavy (non-hydrogen) atoms. The summed E-state index contributed by atoms with van der Waals surface area (Å²) in [4.78, 5) is 0. The van der Waals surface area contributed by atoms with E-state index in [4.69, 9.17) is 18.9 Å². The molecule has 0 bridgehead atoms. The lowest BCUT2D eigenvalue weighted by Gasteiger charge is -2.37. The van der Waals surface area contributed by atoms with Crippen LogP contribution in [0.5, 0.6) is 0 Å². The molecule has 3 fully saturated rings. The van der Waals surface area contributed by atoms with E-state index < -0.39 is 0 Å². The van der Waals surface area contributed by atoms with Gasteiger partial charge in [0, 0.05) is 13.2 Å². The molecule has 4 nitrogen and oxygen atoms in total. The summed E-state index contributed by atoms with van der Waals surface area (Å²) in [6.07, 6.45) is 11.9. The monoisotopic (exact) mass is 284 g/mol. The van der Waals surface area contributed by atoms with E-state index in [1.54, 1.807) is 0 Å². The molecule has 0 N–H and O–H groups in total. The first kappa shape index (κ1) is 14.8. The van der Waals surface area contributed by atoms with Crippen LogP contribution in [0.3, 0.4) is 0 Å². The van der Waals surface area contributed by atoms with Crippen molar-refractivity contribution in [2.24, 2.45) is 0 Å². The Morgan fingerprint density at radius 3 is 1.40 bits per heavy atom. The van der Waals surface area contributed by atoms with Gasteiger partial charge in [-0.15, -0.1) is 0 Å². The van der Waals surface area contributed by atoms with Crippen LogP contribution in [-0.4, -0.2) is 38.0 Å². The Kier molecular flexibility index (Phi) is 5.71. The van der Waals surface area contributed by atoms with Gasteiger partial charge in [-0.1, -0.05) is 12.8 Å². The maximum absolute atomic E-state index is 6.18. The fourth-order valence-corrected chi connectivity index (χ4v) is 3.40. The molecule has 0 aromatic heterocycles. The first-order valence-corrected chi connectivity index (χ1v) is 8.46. The summed E-state index contributed by atoms with van der Waals surface area (Å²) in [5.74, 6) is 0. The molecule has 3 aliphatic rings. The third-order valence-electron chi connectivity index (χ3n) is 4.57. The Labute approximate surface area is 122 Å². The molecule has 2 saturated heterocycles. The van der Waals surface area contributed by atoms with Crippen LogP contribution < -0.4 is 0 Å². The van der Waals surface area contributed by atoms with Crippen LogP contribution in [0, 0.1) is 0 Å². The molecule has 4 heteroatoms. The van der Waals surface area contributed by atoms with Gasteiger partial charge in [0.2, 0.25) is 0 Å². The average Bonchev–Trinajstić information content (AvgIpc) is 2.51. The fourth-order valence-electron chi connectivity index (χ4n) is 3.40. The Bertz CT molecular complexity index is 244. The smallest absolute Gasteiger partial charge is 0.158 e. The Balaban J connectivity index is 1.49. The van der Waals surface area contributed by atoms with Gasteiger partial charge in [-0.05, 0) is 51.4 Å². The van der Waals surface area contributed by atoms with E-state index in [1.807, 2.05) is 0 Å². The fraction of sp³-hybridized carbons (Fsp3) is 1.00. The van der Waals surface area contributed by atoms with Crippen molar-refractivity contribution >= 4 is 0 Å². The van der Waals surface area contributed by atoms with E-state index >= 15 is 0 Å². The average molecular weight is 284 g/mol. The quantitative estimate of drug-likeness (QED) is 0.793. The van der Waals surface area contributed by atoms with E-state index in [1.165, 1.54) is 38.5 Å². The summed E-state index contributed by atoms with van der Waals surface area (Å²) >= 11 is 0. The molecule has 0 amide bonds. The summed E-state index contributed by atoms with van der Waals surface area (Å²) < 4.78 is 23.8. The maximum atomic E-state index is 6.18. The lowest BCUT2D eigenvalue weighted by atomic mass is 9.94. The number of ether oxygens (including phenoxy) is 4. The van der Waals surface area contributed by atoms with Gasteiger partial charge in [0.05, 0.1) is 12.2 Å². The largest absolute Gasteiger partial charge is 0.353 e. The minimum absolute atomic E-state index is 0.00905. The van der Waals surface area contributed by atoms with Gasteiger partial charge >= 0.3 is 0 Å². The van der Waals surface area contributed by atoms with Crippen LogP contribution in [0.25, 0.3) is 0 Å². The van der Waals surface area contributed by atoms with Gasteiger partial charge in [0.1, 0.15) is 0 Å². The van der Waals surface area contributed by atoms with Crippen LogP contribution in [-0.2, 0) is 18.9 Å². The molecule has 4 atom stereocenters. The molecule has 2 aliphatic heterocycles. The maximum Gasteiger partial charge on any atom is 0.158 e. The topological polar surface area (TPSA) is 36.9 Å². The molecule has 0 aromatic carbocycles. The Morgan fingerprint density at radius 2 is 1.00 bits per heavy atom. The van der Waals surface area contributed by atoms with Gasteiger partial charge < -0.3 is 18.9 Å². The van der Waals surface area contributed by atoms with Crippen molar-refractivity contribution in [1.82, 2.24) is 0 Å². The van der Waals surface area contributed by atoms with Crippen molar-refractivity contribution in [3.8, 4) is 0 Å². The molecule has 3 rings (SSSR count). The molecular weight excluding hydrogens is 256 g/mol. The zero-order valence-corrected chi connectivity index (χ0v) is 12.4. The van der Waals surface area contributed by atoms with Crippen LogP contribution >= 0.6 is 0 Å². The van der Waals surface area contributed by atoms with Gasteiger partial charge in [-0.3, -0.25) is 0 Å². The normalized spacial score (nSPS) is 39.6. The van der Waals surface area contributed by atoms with E-state index in [0.717, 1.165) is 38.9 Å². The molecule has 0 aromatic rings. The molecule has 1 aliphatic carbocycles. The zero-order chi connectivity index (χ0) is 13.6. The first-order valence-electron chi connectivity index (χ1n) is 8.46. The lowest BCUT2D eigenvalue weighted by Crippen LogP contribution is -2.42. The second-order valence-electron chi connectivity index (χ2n) is 6.23. The second-order valence-corrected chi connectivity index (χ2v) is 6.23. The van der Waals surface area contributed by atoms with Crippen LogP contribution in [0.2, 0.25) is 0 Å². The van der Waals surface area contributed by atoms with Gasteiger partial charge in [0.25, 0.3) is 0 Å². The highest BCUT2D eigenvalue weighted by Gasteiger charge is 2.32. The predicted octanol–water partition coefficient (Wildman–Crippen LogP) is 3.38. The number of rotatable bonds is 4. The second kappa shape index (κ2) is 7.74. The molecule has 4 unspecified atom stereocenters. The number of hydrogen-bond donors (Lipinski definition) is 0. The zero-order valence-electron chi connectivity index (χ0n) is 12.4. The summed E-state index contributed by atoms with van der Waals surface area (Å²) in [6.45, 7) is 1.68. The molecule has 1 saturated carbocycles. The third kappa shape index (κ3) is 4.17. The SMILES string of the molecule is C1CCC(OC2CCCCC2OC2CCCCO2)OC1. The summed E-state index contributed by atoms with van der Waals surface area (Å²) in [5.41, 5.74) is 0. The minimum atomic E-state index is -0.00905. The standard InChI is InChI=1S/C16H28O4/c1-2-8-14(20-16-10-4-6-12-18-16)13(7-1)19-15-9-3-5-11-17-15/h13-16H,1-12H2. The number of hydrogen-bond acceptors (Lipinski definition) is 4. The van der Waals surface area contributed by atoms with Crippen molar-refractivity contribution in [3.05, 3.63) is 0 Å². The van der Waals surface area contributed by atoms with Crippen molar-refractivity contribution in [2.75, 3.05) is 13.2 Å². The van der Waals surface area contributed by atoms with E-state index in [9.17, 15) is 0 Å². The van der Waals surface area contributed by atoms with Gasteiger partial charge in [0.15, 0.2) is 12.6 Å². The summed E-state index contributed by atoms with van der Waals surface area (Å²) in [6, 6.07) is 0. The van der Waals surface area contributed by atoms with Crippen LogP contribution in [0.1, 0.15) is 64.2 Å². The third-order valence-corrected chi connectivity index (χ3v) is 4.57. The summed E-state index contributed by atoms with van der Waals surface area (Å²) in [7, 11) is 0. The van der Waals surface area contributed by atoms with Crippen LogP contribution in [0.4, 0.5) is 0 Å². The predicted molar refractivity (Wildman–Crippen MR) is 75.4 cm³/mol. The van der Waals surface area contributed by atoms with Crippen LogP contribution in [0.15, 0.2) is 0 Å². The van der Waals surface area contributed by atoms with E-state index in [2.05, 4.69) is 0 Å². The highest BCUT2D eigenvalue weighted by molar-refractivity contribution is 4.78. The van der Waals surface area contributed by atoms with Crippen molar-refractivity contribution in [1.29, 1.82) is 0 Å². The molecule has 0 radical (unpaired) electrons. The summed E-state index contributed by atoms with van der Waals surface area (Å²) in [5, 5.41) is 0. The van der Waals surface area contributed by atoms with E-state index in [-0.39, 0.29) is 24.8 Å².